The summed E-state index contributed by atoms with van der Waals surface area (Å²) < 4.78 is 0. The van der Waals surface area contributed by atoms with Crippen LogP contribution in [-0.2, 0) is 4.79 Å². The predicted molar refractivity (Wildman–Crippen MR) is 65.0 cm³/mol. The van der Waals surface area contributed by atoms with Gasteiger partial charge in [-0.2, -0.15) is 0 Å². The monoisotopic (exact) mass is 227 g/mol. The van der Waals surface area contributed by atoms with Crippen LogP contribution in [0.5, 0.6) is 0 Å². The summed E-state index contributed by atoms with van der Waals surface area (Å²) in [4.78, 5) is 26.5. The number of hydrogen-bond donors (Lipinski definition) is 0. The second-order valence-electron chi connectivity index (χ2n) is 4.67. The molecule has 86 valence electrons. The smallest absolute Gasteiger partial charge is 0.241 e. The van der Waals surface area contributed by atoms with Crippen molar-refractivity contribution in [3.8, 4) is 0 Å². The number of hydrogen-bond acceptors (Lipinski definition) is 2. The maximum atomic E-state index is 12.5. The highest BCUT2D eigenvalue weighted by Crippen LogP contribution is 2.44. The van der Waals surface area contributed by atoms with Crippen LogP contribution in [0.3, 0.4) is 0 Å². The van der Waals surface area contributed by atoms with Crippen LogP contribution in [0.25, 0.3) is 0 Å². The lowest BCUT2D eigenvalue weighted by molar-refractivity contribution is -0.125. The van der Waals surface area contributed by atoms with Gasteiger partial charge in [-0.1, -0.05) is 24.3 Å². The van der Waals surface area contributed by atoms with Crippen molar-refractivity contribution in [3.05, 3.63) is 42.0 Å². The highest BCUT2D eigenvalue weighted by atomic mass is 16.2. The van der Waals surface area contributed by atoms with Gasteiger partial charge in [0.25, 0.3) is 0 Å². The molecule has 0 atom stereocenters. The van der Waals surface area contributed by atoms with Crippen LogP contribution in [0.2, 0.25) is 0 Å². The molecule has 0 saturated carbocycles. The maximum absolute atomic E-state index is 12.5. The first-order chi connectivity index (χ1) is 8.17. The molecule has 1 spiro atoms. The number of fused-ring (bicyclic) bond motifs is 1. The standard InChI is InChI=1S/C14H13NO2/c1-15-11-7-3-2-6-10(11)12(16)14(13(15)17)8-4-5-9-14/h2-7H,8-9H2,1H3. The molecule has 0 fully saturated rings. The second kappa shape index (κ2) is 3.29. The predicted octanol–water partition coefficient (Wildman–Crippen LogP) is 2.18. The summed E-state index contributed by atoms with van der Waals surface area (Å²) in [5, 5.41) is 0. The van der Waals surface area contributed by atoms with Gasteiger partial charge < -0.3 is 4.90 Å². The number of ketones is 1. The van der Waals surface area contributed by atoms with E-state index < -0.39 is 5.41 Å². The first kappa shape index (κ1) is 10.3. The van der Waals surface area contributed by atoms with Crippen molar-refractivity contribution < 1.29 is 9.59 Å². The molecule has 2 aliphatic rings. The maximum Gasteiger partial charge on any atom is 0.241 e. The Bertz CT molecular complexity index is 537. The first-order valence-electron chi connectivity index (χ1n) is 5.74. The molecule has 0 bridgehead atoms. The average molecular weight is 227 g/mol. The van der Waals surface area contributed by atoms with Crippen molar-refractivity contribution in [3.63, 3.8) is 0 Å². The van der Waals surface area contributed by atoms with Crippen molar-refractivity contribution in [1.82, 2.24) is 0 Å². The number of benzene rings is 1. The molecule has 3 nitrogen and oxygen atoms in total. The van der Waals surface area contributed by atoms with Crippen molar-refractivity contribution in [1.29, 1.82) is 0 Å². The molecule has 0 saturated heterocycles. The third-order valence-electron chi connectivity index (χ3n) is 3.76. The van der Waals surface area contributed by atoms with Crippen molar-refractivity contribution in [2.45, 2.75) is 12.8 Å². The van der Waals surface area contributed by atoms with Gasteiger partial charge in [0.15, 0.2) is 5.78 Å². The quantitative estimate of drug-likeness (QED) is 0.503. The Kier molecular flexibility index (Phi) is 1.99. The number of anilines is 1. The Morgan fingerprint density at radius 3 is 2.47 bits per heavy atom. The molecule has 1 aromatic carbocycles. The number of carbonyl (C=O) groups excluding carboxylic acids is 2. The molecule has 1 amide bonds. The van der Waals surface area contributed by atoms with E-state index in [1.165, 1.54) is 0 Å². The van der Waals surface area contributed by atoms with E-state index >= 15 is 0 Å². The van der Waals surface area contributed by atoms with Crippen LogP contribution in [0, 0.1) is 5.41 Å². The van der Waals surface area contributed by atoms with E-state index in [9.17, 15) is 9.59 Å². The molecule has 3 rings (SSSR count). The molecule has 1 aliphatic carbocycles. The highest BCUT2D eigenvalue weighted by molar-refractivity contribution is 6.25. The van der Waals surface area contributed by atoms with Gasteiger partial charge in [0.05, 0.1) is 5.69 Å². The zero-order valence-corrected chi connectivity index (χ0v) is 9.64. The van der Waals surface area contributed by atoms with E-state index in [1.807, 2.05) is 30.4 Å². The molecule has 0 aromatic heterocycles. The highest BCUT2D eigenvalue weighted by Gasteiger charge is 2.51. The fraction of sp³-hybridized carbons (Fsp3) is 0.286. The molecule has 0 unspecified atom stereocenters. The number of rotatable bonds is 0. The Balaban J connectivity index is 2.20. The van der Waals surface area contributed by atoms with Crippen molar-refractivity contribution in [2.75, 3.05) is 11.9 Å². The van der Waals surface area contributed by atoms with Gasteiger partial charge in [0.2, 0.25) is 5.91 Å². The molecular weight excluding hydrogens is 214 g/mol. The van der Waals surface area contributed by atoms with Gasteiger partial charge >= 0.3 is 0 Å². The van der Waals surface area contributed by atoms with E-state index in [0.29, 0.717) is 18.4 Å². The van der Waals surface area contributed by atoms with E-state index in [1.54, 1.807) is 18.0 Å². The van der Waals surface area contributed by atoms with Crippen LogP contribution in [0.4, 0.5) is 5.69 Å². The number of amides is 1. The lowest BCUT2D eigenvalue weighted by Gasteiger charge is -2.37. The zero-order chi connectivity index (χ0) is 12.0. The summed E-state index contributed by atoms with van der Waals surface area (Å²) >= 11 is 0. The summed E-state index contributed by atoms with van der Waals surface area (Å²) in [5.41, 5.74) is 0.529. The van der Waals surface area contributed by atoms with Crippen LogP contribution in [0.15, 0.2) is 36.4 Å². The second-order valence-corrected chi connectivity index (χ2v) is 4.67. The minimum absolute atomic E-state index is 0.0267. The number of Topliss-reactive ketones (excluding diaryl/α,β-unsaturated/α-hetero) is 1. The van der Waals surface area contributed by atoms with Gasteiger partial charge in [-0.15, -0.1) is 0 Å². The molecule has 0 radical (unpaired) electrons. The van der Waals surface area contributed by atoms with Crippen LogP contribution < -0.4 is 4.90 Å². The molecule has 3 heteroatoms. The molecule has 1 aromatic rings. The first-order valence-corrected chi connectivity index (χ1v) is 5.74. The zero-order valence-electron chi connectivity index (χ0n) is 9.64. The summed E-state index contributed by atoms with van der Waals surface area (Å²) in [7, 11) is 1.74. The molecule has 1 heterocycles. The van der Waals surface area contributed by atoms with Gasteiger partial charge in [0, 0.05) is 12.6 Å². The van der Waals surface area contributed by atoms with E-state index in [0.717, 1.165) is 5.69 Å². The SMILES string of the molecule is CN1C(=O)C2(CC=CC2)C(=O)c2ccccc21. The van der Waals surface area contributed by atoms with Crippen molar-refractivity contribution >= 4 is 17.4 Å². The van der Waals surface area contributed by atoms with E-state index in [-0.39, 0.29) is 11.7 Å². The average Bonchev–Trinajstić information content (AvgIpc) is 2.85. The van der Waals surface area contributed by atoms with Crippen LogP contribution >= 0.6 is 0 Å². The van der Waals surface area contributed by atoms with Gasteiger partial charge in [-0.25, -0.2) is 0 Å². The van der Waals surface area contributed by atoms with E-state index in [2.05, 4.69) is 0 Å². The lowest BCUT2D eigenvalue weighted by atomic mass is 9.74. The Morgan fingerprint density at radius 2 is 1.76 bits per heavy atom. The number of nitrogens with zero attached hydrogens (tertiary/aromatic N) is 1. The summed E-state index contributed by atoms with van der Waals surface area (Å²) in [6.45, 7) is 0. The van der Waals surface area contributed by atoms with Crippen LogP contribution in [-0.4, -0.2) is 18.7 Å². The third kappa shape index (κ3) is 1.16. The molecule has 1 aliphatic heterocycles. The number of carbonyl (C=O) groups is 2. The summed E-state index contributed by atoms with van der Waals surface area (Å²) in [6.07, 6.45) is 4.92. The van der Waals surface area contributed by atoms with Crippen molar-refractivity contribution in [2.24, 2.45) is 5.41 Å². The Morgan fingerprint density at radius 1 is 1.12 bits per heavy atom. The topological polar surface area (TPSA) is 37.4 Å². The lowest BCUT2D eigenvalue weighted by Crippen LogP contribution is -2.50. The molecule has 17 heavy (non-hydrogen) atoms. The van der Waals surface area contributed by atoms with Gasteiger partial charge in [-0.3, -0.25) is 9.59 Å². The normalized spacial score (nSPS) is 21.1. The summed E-state index contributed by atoms with van der Waals surface area (Å²) in [6, 6.07) is 7.32. The Labute approximate surface area is 99.7 Å². The molecule has 0 N–H and O–H groups in total. The minimum Gasteiger partial charge on any atom is -0.314 e. The largest absolute Gasteiger partial charge is 0.314 e. The Hall–Kier alpha value is -1.90. The fourth-order valence-corrected chi connectivity index (χ4v) is 2.76. The van der Waals surface area contributed by atoms with Gasteiger partial charge in [-0.05, 0) is 25.0 Å². The minimum atomic E-state index is -0.858. The van der Waals surface area contributed by atoms with E-state index in [4.69, 9.17) is 0 Å². The molecular formula is C14H13NO2. The fourth-order valence-electron chi connectivity index (χ4n) is 2.76. The van der Waals surface area contributed by atoms with Gasteiger partial charge in [0.1, 0.15) is 5.41 Å². The third-order valence-corrected chi connectivity index (χ3v) is 3.76. The number of allylic oxidation sites excluding steroid dienone is 2. The summed E-state index contributed by atoms with van der Waals surface area (Å²) in [5.74, 6) is -0.104. The number of para-hydroxylation sites is 1. The van der Waals surface area contributed by atoms with Crippen LogP contribution in [0.1, 0.15) is 23.2 Å².